The summed E-state index contributed by atoms with van der Waals surface area (Å²) in [6.07, 6.45) is 3.98. The largest absolute Gasteiger partial charge is 0.0840 e. The maximum atomic E-state index is 6.63. The molecule has 0 atom stereocenters. The Morgan fingerprint density at radius 2 is 1.22 bits per heavy atom. The van der Waals surface area contributed by atoms with E-state index in [-0.39, 0.29) is 0 Å². The van der Waals surface area contributed by atoms with Crippen molar-refractivity contribution in [2.45, 2.75) is 53.4 Å². The molecule has 0 aromatic heterocycles. The third-order valence-electron chi connectivity index (χ3n) is 5.46. The molecule has 0 heterocycles. The summed E-state index contributed by atoms with van der Waals surface area (Å²) >= 11 is 6.63. The van der Waals surface area contributed by atoms with Crippen LogP contribution in [0.25, 0.3) is 0 Å². The van der Waals surface area contributed by atoms with Gasteiger partial charge in [0, 0.05) is 5.02 Å². The average molecular weight is 377 g/mol. The highest BCUT2D eigenvalue weighted by Gasteiger charge is 2.08. The first-order chi connectivity index (χ1) is 13.0. The Labute approximate surface area is 169 Å². The molecule has 1 heteroatoms. The van der Waals surface area contributed by atoms with E-state index < -0.39 is 0 Å². The molecule has 0 radical (unpaired) electrons. The van der Waals surface area contributed by atoms with E-state index in [0.29, 0.717) is 0 Å². The molecular formula is C26H29Cl. The van der Waals surface area contributed by atoms with E-state index in [1.807, 2.05) is 0 Å². The number of rotatable bonds is 6. The van der Waals surface area contributed by atoms with E-state index in [9.17, 15) is 0 Å². The Morgan fingerprint density at radius 3 is 1.78 bits per heavy atom. The number of hydrogen-bond acceptors (Lipinski definition) is 0. The van der Waals surface area contributed by atoms with Crippen LogP contribution in [0, 0.1) is 13.8 Å². The Bertz CT molecular complexity index is 896. The van der Waals surface area contributed by atoms with Crippen molar-refractivity contribution in [1.29, 1.82) is 0 Å². The van der Waals surface area contributed by atoms with E-state index in [0.717, 1.165) is 30.7 Å². The van der Waals surface area contributed by atoms with Gasteiger partial charge in [-0.25, -0.2) is 0 Å². The number of aryl methyl sites for hydroxylation is 3. The molecule has 0 unspecified atom stereocenters. The molecule has 0 spiro atoms. The van der Waals surface area contributed by atoms with Gasteiger partial charge in [-0.15, -0.1) is 0 Å². The van der Waals surface area contributed by atoms with Gasteiger partial charge < -0.3 is 0 Å². The van der Waals surface area contributed by atoms with Crippen molar-refractivity contribution in [3.8, 4) is 0 Å². The van der Waals surface area contributed by atoms with Crippen LogP contribution in [0.1, 0.15) is 58.4 Å². The van der Waals surface area contributed by atoms with E-state index in [1.165, 1.54) is 44.5 Å². The first-order valence-electron chi connectivity index (χ1n) is 9.94. The van der Waals surface area contributed by atoms with Gasteiger partial charge in [0.1, 0.15) is 0 Å². The molecule has 0 amide bonds. The predicted molar refractivity (Wildman–Crippen MR) is 118 cm³/mol. The van der Waals surface area contributed by atoms with Crippen LogP contribution in [0.15, 0.2) is 54.6 Å². The maximum Gasteiger partial charge on any atom is 0.0444 e. The molecule has 3 aromatic rings. The van der Waals surface area contributed by atoms with Crippen LogP contribution in [0.3, 0.4) is 0 Å². The van der Waals surface area contributed by atoms with Crippen molar-refractivity contribution >= 4 is 11.6 Å². The second-order valence-corrected chi connectivity index (χ2v) is 7.92. The van der Waals surface area contributed by atoms with Crippen LogP contribution < -0.4 is 0 Å². The zero-order chi connectivity index (χ0) is 19.4. The monoisotopic (exact) mass is 376 g/mol. The SMILES string of the molecule is CCc1ccc(Cc2ccc(Cc3cc(C)c(CC)c(C)c3)c(Cl)c2)cc1. The molecule has 0 saturated carbocycles. The quantitative estimate of drug-likeness (QED) is 0.424. The fourth-order valence-electron chi connectivity index (χ4n) is 3.94. The molecule has 0 aliphatic carbocycles. The Morgan fingerprint density at radius 1 is 0.630 bits per heavy atom. The predicted octanol–water partition coefficient (Wildman–Crippen LogP) is 7.26. The summed E-state index contributed by atoms with van der Waals surface area (Å²) in [4.78, 5) is 0. The fourth-order valence-corrected chi connectivity index (χ4v) is 4.21. The average Bonchev–Trinajstić information content (AvgIpc) is 2.64. The molecule has 0 aliphatic heterocycles. The highest BCUT2D eigenvalue weighted by Crippen LogP contribution is 2.25. The van der Waals surface area contributed by atoms with Gasteiger partial charge >= 0.3 is 0 Å². The zero-order valence-corrected chi connectivity index (χ0v) is 17.7. The highest BCUT2D eigenvalue weighted by molar-refractivity contribution is 6.31. The summed E-state index contributed by atoms with van der Waals surface area (Å²) in [5.41, 5.74) is 10.8. The summed E-state index contributed by atoms with van der Waals surface area (Å²) in [7, 11) is 0. The van der Waals surface area contributed by atoms with Gasteiger partial charge in [0.2, 0.25) is 0 Å². The summed E-state index contributed by atoms with van der Waals surface area (Å²) in [6.45, 7) is 8.83. The summed E-state index contributed by atoms with van der Waals surface area (Å²) < 4.78 is 0. The summed E-state index contributed by atoms with van der Waals surface area (Å²) in [5.74, 6) is 0. The number of hydrogen-bond donors (Lipinski definition) is 0. The van der Waals surface area contributed by atoms with E-state index in [2.05, 4.69) is 82.3 Å². The third-order valence-corrected chi connectivity index (χ3v) is 5.81. The molecular weight excluding hydrogens is 348 g/mol. The van der Waals surface area contributed by atoms with E-state index in [1.54, 1.807) is 0 Å². The van der Waals surface area contributed by atoms with Gasteiger partial charge in [0.25, 0.3) is 0 Å². The Balaban J connectivity index is 1.76. The maximum absolute atomic E-state index is 6.63. The standard InChI is InChI=1S/C26H29Cl/c1-5-20-7-9-21(10-8-20)15-22-11-12-24(26(27)17-22)16-23-13-18(3)25(6-2)19(4)14-23/h7-14,17H,5-6,15-16H2,1-4H3. The molecule has 0 aliphatic rings. The van der Waals surface area contributed by atoms with E-state index in [4.69, 9.17) is 11.6 Å². The van der Waals surface area contributed by atoms with Gasteiger partial charge in [-0.2, -0.15) is 0 Å². The molecule has 0 fully saturated rings. The summed E-state index contributed by atoms with van der Waals surface area (Å²) in [5, 5.41) is 0.868. The molecule has 140 valence electrons. The molecule has 3 aromatic carbocycles. The number of benzene rings is 3. The Kier molecular flexibility index (Phi) is 6.39. The van der Waals surface area contributed by atoms with Crippen LogP contribution in [0.5, 0.6) is 0 Å². The molecule has 0 saturated heterocycles. The van der Waals surface area contributed by atoms with Gasteiger partial charge in [-0.05, 0) is 90.1 Å². The molecule has 27 heavy (non-hydrogen) atoms. The fraction of sp³-hybridized carbons (Fsp3) is 0.308. The highest BCUT2D eigenvalue weighted by atomic mass is 35.5. The molecule has 0 bridgehead atoms. The lowest BCUT2D eigenvalue weighted by atomic mass is 9.94. The summed E-state index contributed by atoms with van der Waals surface area (Å²) in [6, 6.07) is 20.0. The lowest BCUT2D eigenvalue weighted by Crippen LogP contribution is -1.97. The van der Waals surface area contributed by atoms with E-state index >= 15 is 0 Å². The van der Waals surface area contributed by atoms with Crippen molar-refractivity contribution < 1.29 is 0 Å². The third kappa shape index (κ3) is 4.82. The molecule has 0 nitrogen and oxygen atoms in total. The molecule has 3 rings (SSSR count). The topological polar surface area (TPSA) is 0 Å². The smallest absolute Gasteiger partial charge is 0.0444 e. The first-order valence-corrected chi connectivity index (χ1v) is 10.3. The van der Waals surface area contributed by atoms with Crippen molar-refractivity contribution in [2.24, 2.45) is 0 Å². The minimum absolute atomic E-state index is 0.868. The van der Waals surface area contributed by atoms with Crippen LogP contribution >= 0.6 is 11.6 Å². The normalized spacial score (nSPS) is 11.0. The zero-order valence-electron chi connectivity index (χ0n) is 16.9. The van der Waals surface area contributed by atoms with Crippen LogP contribution in [0.4, 0.5) is 0 Å². The Hall–Kier alpha value is -2.05. The van der Waals surface area contributed by atoms with Crippen LogP contribution in [0.2, 0.25) is 5.02 Å². The van der Waals surface area contributed by atoms with Gasteiger partial charge in [0.05, 0.1) is 0 Å². The van der Waals surface area contributed by atoms with Crippen molar-refractivity contribution in [3.63, 3.8) is 0 Å². The van der Waals surface area contributed by atoms with Gasteiger partial charge in [0.15, 0.2) is 0 Å². The first kappa shape index (κ1) is 19.7. The minimum atomic E-state index is 0.868. The molecule has 0 N–H and O–H groups in total. The van der Waals surface area contributed by atoms with Crippen LogP contribution in [-0.2, 0) is 25.7 Å². The van der Waals surface area contributed by atoms with Gasteiger partial charge in [-0.1, -0.05) is 74.0 Å². The van der Waals surface area contributed by atoms with Crippen molar-refractivity contribution in [1.82, 2.24) is 0 Å². The van der Waals surface area contributed by atoms with Crippen LogP contribution in [-0.4, -0.2) is 0 Å². The number of halogens is 1. The van der Waals surface area contributed by atoms with Gasteiger partial charge in [-0.3, -0.25) is 0 Å². The van der Waals surface area contributed by atoms with Crippen molar-refractivity contribution in [3.05, 3.63) is 104 Å². The lowest BCUT2D eigenvalue weighted by molar-refractivity contribution is 1.06. The minimum Gasteiger partial charge on any atom is -0.0840 e. The second kappa shape index (κ2) is 8.76. The lowest BCUT2D eigenvalue weighted by Gasteiger charge is -2.13. The van der Waals surface area contributed by atoms with Crippen molar-refractivity contribution in [2.75, 3.05) is 0 Å². The second-order valence-electron chi connectivity index (χ2n) is 7.51.